The van der Waals surface area contributed by atoms with Gasteiger partial charge in [-0.3, -0.25) is 9.59 Å². The molecule has 2 atom stereocenters. The van der Waals surface area contributed by atoms with Gasteiger partial charge in [-0.1, -0.05) is 38.3 Å². The van der Waals surface area contributed by atoms with Gasteiger partial charge in [-0.25, -0.2) is 0 Å². The van der Waals surface area contributed by atoms with E-state index < -0.39 is 11.5 Å². The molecule has 1 aliphatic heterocycles. The first-order valence-corrected chi connectivity index (χ1v) is 9.84. The molecule has 1 aromatic rings. The maximum atomic E-state index is 13.6. The summed E-state index contributed by atoms with van der Waals surface area (Å²) in [7, 11) is 2.94. The van der Waals surface area contributed by atoms with E-state index >= 15 is 0 Å². The average Bonchev–Trinajstić information content (AvgIpc) is 2.98. The Morgan fingerprint density at radius 1 is 1.21 bits per heavy atom. The van der Waals surface area contributed by atoms with Gasteiger partial charge in [0, 0.05) is 24.5 Å². The lowest BCUT2D eigenvalue weighted by Gasteiger charge is -2.37. The van der Waals surface area contributed by atoms with Crippen LogP contribution in [0, 0.1) is 5.92 Å². The third kappa shape index (κ3) is 3.13. The Morgan fingerprint density at radius 2 is 1.93 bits per heavy atom. The van der Waals surface area contributed by atoms with Gasteiger partial charge in [-0.2, -0.15) is 0 Å². The second kappa shape index (κ2) is 8.03. The summed E-state index contributed by atoms with van der Waals surface area (Å²) in [5, 5.41) is 0.193. The Kier molecular flexibility index (Phi) is 5.89. The van der Waals surface area contributed by atoms with Crippen LogP contribution in [0.2, 0.25) is 5.02 Å². The molecule has 7 heteroatoms. The molecule has 1 aliphatic carbocycles. The molecule has 0 radical (unpaired) electrons. The van der Waals surface area contributed by atoms with Gasteiger partial charge in [-0.05, 0) is 6.42 Å². The van der Waals surface area contributed by atoms with E-state index in [-0.39, 0.29) is 40.1 Å². The second-order valence-corrected chi connectivity index (χ2v) is 7.48. The fourth-order valence-electron chi connectivity index (χ4n) is 3.77. The molecule has 28 heavy (non-hydrogen) atoms. The molecule has 1 spiro atoms. The number of unbranched alkanes of at least 4 members (excludes halogenated alkanes) is 2. The molecule has 0 saturated carbocycles. The van der Waals surface area contributed by atoms with E-state index in [2.05, 4.69) is 6.92 Å². The van der Waals surface area contributed by atoms with Crippen molar-refractivity contribution in [3.63, 3.8) is 0 Å². The van der Waals surface area contributed by atoms with E-state index in [0.717, 1.165) is 19.3 Å². The molecule has 0 unspecified atom stereocenters. The Labute approximate surface area is 169 Å². The Hall–Kier alpha value is -2.21. The van der Waals surface area contributed by atoms with Crippen molar-refractivity contribution in [3.8, 4) is 17.2 Å². The zero-order chi connectivity index (χ0) is 20.5. The third-order valence-electron chi connectivity index (χ3n) is 5.28. The number of ether oxygens (including phenoxy) is 4. The Bertz CT molecular complexity index is 831. The normalized spacial score (nSPS) is 23.3. The topological polar surface area (TPSA) is 71.1 Å². The van der Waals surface area contributed by atoms with Gasteiger partial charge < -0.3 is 18.9 Å². The van der Waals surface area contributed by atoms with E-state index in [0.29, 0.717) is 18.1 Å². The minimum Gasteiger partial charge on any atom is -0.496 e. The van der Waals surface area contributed by atoms with Crippen LogP contribution in [0.15, 0.2) is 17.9 Å². The van der Waals surface area contributed by atoms with E-state index in [9.17, 15) is 9.59 Å². The van der Waals surface area contributed by atoms with Gasteiger partial charge >= 0.3 is 0 Å². The first kappa shape index (κ1) is 20.5. The summed E-state index contributed by atoms with van der Waals surface area (Å²) in [6, 6.07) is 1.56. The highest BCUT2D eigenvalue weighted by Gasteiger charge is 2.60. The highest BCUT2D eigenvalue weighted by molar-refractivity contribution is 6.35. The first-order chi connectivity index (χ1) is 13.4. The lowest BCUT2D eigenvalue weighted by atomic mass is 9.75. The third-order valence-corrected chi connectivity index (χ3v) is 5.64. The van der Waals surface area contributed by atoms with Crippen LogP contribution in [0.5, 0.6) is 17.2 Å². The molecule has 0 aromatic heterocycles. The summed E-state index contributed by atoms with van der Waals surface area (Å²) in [5.41, 5.74) is -1.18. The summed E-state index contributed by atoms with van der Waals surface area (Å²) < 4.78 is 22.8. The van der Waals surface area contributed by atoms with Crippen molar-refractivity contribution in [2.24, 2.45) is 5.92 Å². The van der Waals surface area contributed by atoms with Crippen LogP contribution in [0.1, 0.15) is 49.9 Å². The van der Waals surface area contributed by atoms with Gasteiger partial charge in [0.05, 0.1) is 20.8 Å². The first-order valence-electron chi connectivity index (χ1n) is 9.46. The molecular weight excluding hydrogens is 384 g/mol. The highest BCUT2D eigenvalue weighted by atomic mass is 35.5. The summed E-state index contributed by atoms with van der Waals surface area (Å²) in [6.07, 6.45) is 4.42. The van der Waals surface area contributed by atoms with Crippen molar-refractivity contribution < 1.29 is 28.5 Å². The van der Waals surface area contributed by atoms with Gasteiger partial charge in [0.1, 0.15) is 22.1 Å². The molecule has 152 valence electrons. The van der Waals surface area contributed by atoms with Crippen LogP contribution >= 0.6 is 11.6 Å². The number of carbonyl (C=O) groups is 2. The van der Waals surface area contributed by atoms with Crippen LogP contribution in [0.3, 0.4) is 0 Å². The monoisotopic (exact) mass is 408 g/mol. The summed E-state index contributed by atoms with van der Waals surface area (Å²) >= 11 is 6.44. The Balaban J connectivity index is 2.08. The van der Waals surface area contributed by atoms with Gasteiger partial charge in [0.25, 0.3) is 0 Å². The van der Waals surface area contributed by atoms with Crippen LogP contribution in [-0.4, -0.2) is 38.0 Å². The van der Waals surface area contributed by atoms with Crippen LogP contribution in [0.4, 0.5) is 0 Å². The minimum atomic E-state index is -1.42. The molecule has 2 aliphatic rings. The Morgan fingerprint density at radius 3 is 2.57 bits per heavy atom. The predicted molar refractivity (Wildman–Crippen MR) is 105 cm³/mol. The molecule has 6 nitrogen and oxygen atoms in total. The smallest absolute Gasteiger partial charge is 0.231 e. The number of hydrogen-bond acceptors (Lipinski definition) is 6. The van der Waals surface area contributed by atoms with Crippen LogP contribution < -0.4 is 14.2 Å². The number of hydrogen-bond donors (Lipinski definition) is 0. The highest BCUT2D eigenvalue weighted by Crippen LogP contribution is 2.54. The van der Waals surface area contributed by atoms with Gasteiger partial charge in [-0.15, -0.1) is 0 Å². The number of carbonyl (C=O) groups excluding carboxylic acids is 2. The molecular formula is C21H25ClO6. The van der Waals surface area contributed by atoms with E-state index in [1.54, 1.807) is 6.07 Å². The molecule has 1 aromatic carbocycles. The van der Waals surface area contributed by atoms with Crippen LogP contribution in [0.25, 0.3) is 0 Å². The van der Waals surface area contributed by atoms with E-state index in [4.69, 9.17) is 30.5 Å². The fraction of sp³-hybridized carbons (Fsp3) is 0.524. The molecule has 3 rings (SSSR count). The van der Waals surface area contributed by atoms with Gasteiger partial charge in [0.15, 0.2) is 17.3 Å². The maximum Gasteiger partial charge on any atom is 0.231 e. The van der Waals surface area contributed by atoms with Gasteiger partial charge in [0.2, 0.25) is 11.4 Å². The number of benzene rings is 1. The number of ketones is 2. The zero-order valence-electron chi connectivity index (χ0n) is 16.6. The largest absolute Gasteiger partial charge is 0.496 e. The minimum absolute atomic E-state index is 0.0911. The molecule has 1 heterocycles. The van der Waals surface area contributed by atoms with Crippen molar-refractivity contribution in [3.05, 3.63) is 28.5 Å². The lowest BCUT2D eigenvalue weighted by molar-refractivity contribution is -0.118. The molecule has 0 amide bonds. The van der Waals surface area contributed by atoms with Crippen molar-refractivity contribution in [2.75, 3.05) is 20.8 Å². The summed E-state index contributed by atoms with van der Waals surface area (Å²) in [4.78, 5) is 25.8. The SMILES string of the molecule is CCCCCOC1=CC(=O)C[C@@H](C)[C@]12Oc1c(Cl)c(OC)cc(OC)c1C2=O. The standard InChI is InChI=1S/C21H25ClO6/c1-5-6-7-8-27-16-10-13(23)9-12(2)21(16)20(24)17-14(25-3)11-15(26-4)18(22)19(17)28-21/h10-12H,5-9H2,1-4H3/t12-,21+/m1/s1. The summed E-state index contributed by atoms with van der Waals surface area (Å²) in [6.45, 7) is 4.30. The number of rotatable bonds is 7. The molecule has 0 saturated heterocycles. The summed E-state index contributed by atoms with van der Waals surface area (Å²) in [5.74, 6) is 0.275. The van der Waals surface area contributed by atoms with E-state index in [1.165, 1.54) is 20.3 Å². The molecule has 0 bridgehead atoms. The van der Waals surface area contributed by atoms with E-state index in [1.807, 2.05) is 6.92 Å². The number of halogens is 1. The lowest BCUT2D eigenvalue weighted by Crippen LogP contribution is -2.51. The number of allylic oxidation sites excluding steroid dienone is 1. The number of Topliss-reactive ketones (excluding diaryl/α,β-unsaturated/α-hetero) is 1. The average molecular weight is 409 g/mol. The van der Waals surface area contributed by atoms with Crippen molar-refractivity contribution >= 4 is 23.2 Å². The van der Waals surface area contributed by atoms with Crippen molar-refractivity contribution in [2.45, 2.75) is 45.1 Å². The number of methoxy groups -OCH3 is 2. The van der Waals surface area contributed by atoms with Crippen LogP contribution in [-0.2, 0) is 9.53 Å². The van der Waals surface area contributed by atoms with Crippen molar-refractivity contribution in [1.29, 1.82) is 0 Å². The molecule has 0 N–H and O–H groups in total. The molecule has 0 fully saturated rings. The zero-order valence-corrected chi connectivity index (χ0v) is 17.4. The van der Waals surface area contributed by atoms with Crippen molar-refractivity contribution in [1.82, 2.24) is 0 Å². The predicted octanol–water partition coefficient (Wildman–Crippen LogP) is 4.37. The fourth-order valence-corrected chi connectivity index (χ4v) is 4.04. The number of fused-ring (bicyclic) bond motifs is 1. The second-order valence-electron chi connectivity index (χ2n) is 7.10. The quantitative estimate of drug-likeness (QED) is 0.624. The maximum absolute atomic E-state index is 13.6.